The van der Waals surface area contributed by atoms with Crippen LogP contribution in [0.15, 0.2) is 6.33 Å². The second kappa shape index (κ2) is 6.60. The molecule has 0 spiro atoms. The van der Waals surface area contributed by atoms with Gasteiger partial charge >= 0.3 is 0 Å². The van der Waals surface area contributed by atoms with E-state index >= 15 is 0 Å². The van der Waals surface area contributed by atoms with Gasteiger partial charge in [-0.25, -0.2) is 9.97 Å². The van der Waals surface area contributed by atoms with Gasteiger partial charge in [-0.2, -0.15) is 0 Å². The highest BCUT2D eigenvalue weighted by Crippen LogP contribution is 2.35. The van der Waals surface area contributed by atoms with Crippen LogP contribution in [0.4, 0.5) is 11.6 Å². The number of hydrogen-bond acceptors (Lipinski definition) is 5. The van der Waals surface area contributed by atoms with Gasteiger partial charge in [0, 0.05) is 18.7 Å². The Bertz CT molecular complexity index is 479. The van der Waals surface area contributed by atoms with Gasteiger partial charge in [0.2, 0.25) is 0 Å². The van der Waals surface area contributed by atoms with Crippen molar-refractivity contribution in [1.29, 1.82) is 0 Å². The molecule has 3 rings (SSSR count). The van der Waals surface area contributed by atoms with Crippen molar-refractivity contribution in [2.24, 2.45) is 0 Å². The summed E-state index contributed by atoms with van der Waals surface area (Å²) < 4.78 is 5.93. The maximum Gasteiger partial charge on any atom is 0.137 e. The lowest BCUT2D eigenvalue weighted by atomic mass is 10.1. The third-order valence-electron chi connectivity index (χ3n) is 4.52. The molecule has 0 aromatic carbocycles. The minimum Gasteiger partial charge on any atom is -0.374 e. The second-order valence-electron chi connectivity index (χ2n) is 5.91. The van der Waals surface area contributed by atoms with Crippen LogP contribution in [-0.4, -0.2) is 41.8 Å². The first-order valence-corrected chi connectivity index (χ1v) is 8.31. The number of hydrogen-bond donors (Lipinski definition) is 1. The van der Waals surface area contributed by atoms with Gasteiger partial charge in [0.05, 0.1) is 18.8 Å². The summed E-state index contributed by atoms with van der Waals surface area (Å²) >= 11 is 0. The van der Waals surface area contributed by atoms with Crippen LogP contribution in [0.1, 0.15) is 45.1 Å². The number of anilines is 2. The van der Waals surface area contributed by atoms with Crippen molar-refractivity contribution in [3.8, 4) is 0 Å². The van der Waals surface area contributed by atoms with Crippen LogP contribution in [0.3, 0.4) is 0 Å². The van der Waals surface area contributed by atoms with Gasteiger partial charge in [0.25, 0.3) is 0 Å². The Balaban J connectivity index is 1.94. The van der Waals surface area contributed by atoms with Crippen molar-refractivity contribution >= 4 is 11.6 Å². The van der Waals surface area contributed by atoms with E-state index in [1.165, 1.54) is 24.8 Å². The van der Waals surface area contributed by atoms with E-state index in [0.717, 1.165) is 44.2 Å². The minimum absolute atomic E-state index is 0.394. The Morgan fingerprint density at radius 3 is 3.05 bits per heavy atom. The van der Waals surface area contributed by atoms with Gasteiger partial charge in [-0.3, -0.25) is 0 Å². The van der Waals surface area contributed by atoms with Gasteiger partial charge < -0.3 is 15.0 Å². The minimum atomic E-state index is 0.394. The van der Waals surface area contributed by atoms with Crippen LogP contribution in [0.25, 0.3) is 0 Å². The van der Waals surface area contributed by atoms with Gasteiger partial charge in [-0.05, 0) is 32.6 Å². The van der Waals surface area contributed by atoms with Crippen LogP contribution in [0.2, 0.25) is 0 Å². The van der Waals surface area contributed by atoms with E-state index in [4.69, 9.17) is 4.74 Å². The molecule has 5 heteroatoms. The zero-order chi connectivity index (χ0) is 14.7. The smallest absolute Gasteiger partial charge is 0.137 e. The number of morpholine rings is 1. The summed E-state index contributed by atoms with van der Waals surface area (Å²) in [4.78, 5) is 11.6. The lowest BCUT2D eigenvalue weighted by molar-refractivity contribution is 0.0252. The molecule has 0 amide bonds. The molecule has 1 aromatic heterocycles. The van der Waals surface area contributed by atoms with Gasteiger partial charge in [-0.15, -0.1) is 0 Å². The SMILES string of the molecule is CCCc1c(NCC)ncnc1N1CCOC2CCCC21. The van der Waals surface area contributed by atoms with Crippen molar-refractivity contribution in [2.75, 3.05) is 29.9 Å². The Labute approximate surface area is 127 Å². The number of nitrogens with one attached hydrogen (secondary N) is 1. The Morgan fingerprint density at radius 2 is 2.24 bits per heavy atom. The van der Waals surface area contributed by atoms with Crippen molar-refractivity contribution in [1.82, 2.24) is 9.97 Å². The molecule has 21 heavy (non-hydrogen) atoms. The van der Waals surface area contributed by atoms with E-state index in [-0.39, 0.29) is 0 Å². The maximum absolute atomic E-state index is 5.93. The number of fused-ring (bicyclic) bond motifs is 1. The summed E-state index contributed by atoms with van der Waals surface area (Å²) in [5, 5.41) is 3.39. The predicted octanol–water partition coefficient (Wildman–Crippen LogP) is 2.62. The third-order valence-corrected chi connectivity index (χ3v) is 4.52. The maximum atomic E-state index is 5.93. The van der Waals surface area contributed by atoms with Crippen LogP contribution in [0, 0.1) is 0 Å². The van der Waals surface area contributed by atoms with Crippen LogP contribution >= 0.6 is 0 Å². The normalized spacial score (nSPS) is 25.0. The zero-order valence-corrected chi connectivity index (χ0v) is 13.1. The number of ether oxygens (including phenoxy) is 1. The Kier molecular flexibility index (Phi) is 4.58. The third kappa shape index (κ3) is 2.84. The van der Waals surface area contributed by atoms with Gasteiger partial charge in [0.1, 0.15) is 18.0 Å². The largest absolute Gasteiger partial charge is 0.374 e. The molecule has 0 radical (unpaired) electrons. The van der Waals surface area contributed by atoms with E-state index < -0.39 is 0 Å². The first-order chi connectivity index (χ1) is 10.3. The van der Waals surface area contributed by atoms with E-state index in [2.05, 4.69) is 34.0 Å². The highest BCUT2D eigenvalue weighted by atomic mass is 16.5. The van der Waals surface area contributed by atoms with E-state index in [9.17, 15) is 0 Å². The summed E-state index contributed by atoms with van der Waals surface area (Å²) in [7, 11) is 0. The Morgan fingerprint density at radius 1 is 1.33 bits per heavy atom. The van der Waals surface area contributed by atoms with Crippen molar-refractivity contribution in [3.05, 3.63) is 11.9 Å². The fourth-order valence-corrected chi connectivity index (χ4v) is 3.64. The first-order valence-electron chi connectivity index (χ1n) is 8.31. The van der Waals surface area contributed by atoms with E-state index in [1.807, 2.05) is 0 Å². The molecule has 1 aliphatic heterocycles. The van der Waals surface area contributed by atoms with Crippen LogP contribution in [-0.2, 0) is 11.2 Å². The topological polar surface area (TPSA) is 50.3 Å². The van der Waals surface area contributed by atoms with Crippen molar-refractivity contribution in [3.63, 3.8) is 0 Å². The summed E-state index contributed by atoms with van der Waals surface area (Å²) in [5.74, 6) is 2.13. The monoisotopic (exact) mass is 290 g/mol. The molecule has 2 atom stereocenters. The molecular weight excluding hydrogens is 264 g/mol. The lowest BCUT2D eigenvalue weighted by Gasteiger charge is -2.39. The highest BCUT2D eigenvalue weighted by Gasteiger charge is 2.37. The summed E-state index contributed by atoms with van der Waals surface area (Å²) in [6, 6.07) is 0.499. The van der Waals surface area contributed by atoms with Crippen molar-refractivity contribution in [2.45, 2.75) is 58.1 Å². The molecule has 2 fully saturated rings. The first kappa shape index (κ1) is 14.6. The van der Waals surface area contributed by atoms with Crippen LogP contribution in [0.5, 0.6) is 0 Å². The quantitative estimate of drug-likeness (QED) is 0.903. The molecule has 1 saturated heterocycles. The molecular formula is C16H26N4O. The highest BCUT2D eigenvalue weighted by molar-refractivity contribution is 5.59. The predicted molar refractivity (Wildman–Crippen MR) is 84.9 cm³/mol. The van der Waals surface area contributed by atoms with Gasteiger partial charge in [0.15, 0.2) is 0 Å². The molecule has 2 aliphatic rings. The molecule has 1 aromatic rings. The summed E-state index contributed by atoms with van der Waals surface area (Å²) in [6.45, 7) is 6.97. The molecule has 0 bridgehead atoms. The number of rotatable bonds is 5. The molecule has 2 heterocycles. The molecule has 116 valence electrons. The van der Waals surface area contributed by atoms with Gasteiger partial charge in [-0.1, -0.05) is 13.3 Å². The van der Waals surface area contributed by atoms with E-state index in [0.29, 0.717) is 12.1 Å². The van der Waals surface area contributed by atoms with Crippen molar-refractivity contribution < 1.29 is 4.74 Å². The average molecular weight is 290 g/mol. The second-order valence-corrected chi connectivity index (χ2v) is 5.91. The Hall–Kier alpha value is -1.36. The molecule has 2 unspecified atom stereocenters. The molecule has 1 saturated carbocycles. The molecule has 1 aliphatic carbocycles. The fourth-order valence-electron chi connectivity index (χ4n) is 3.64. The number of nitrogens with zero attached hydrogens (tertiary/aromatic N) is 3. The summed E-state index contributed by atoms with van der Waals surface area (Å²) in [6.07, 6.45) is 7.90. The molecule has 1 N–H and O–H groups in total. The lowest BCUT2D eigenvalue weighted by Crippen LogP contribution is -2.49. The zero-order valence-electron chi connectivity index (χ0n) is 13.1. The molecule has 5 nitrogen and oxygen atoms in total. The fraction of sp³-hybridized carbons (Fsp3) is 0.750. The summed E-state index contributed by atoms with van der Waals surface area (Å²) in [5.41, 5.74) is 1.27. The van der Waals surface area contributed by atoms with E-state index in [1.54, 1.807) is 6.33 Å². The average Bonchev–Trinajstić information content (AvgIpc) is 2.98. The van der Waals surface area contributed by atoms with Crippen LogP contribution < -0.4 is 10.2 Å². The number of aromatic nitrogens is 2. The standard InChI is InChI=1S/C16H26N4O/c1-3-6-12-15(17-4-2)18-11-19-16(12)20-9-10-21-14-8-5-7-13(14)20/h11,13-14H,3-10H2,1-2H3,(H,17,18,19).